The van der Waals surface area contributed by atoms with Crippen molar-refractivity contribution in [1.82, 2.24) is 10.2 Å². The second-order valence-corrected chi connectivity index (χ2v) is 9.16. The molecule has 1 saturated heterocycles. The van der Waals surface area contributed by atoms with E-state index in [0.29, 0.717) is 25.9 Å². The van der Waals surface area contributed by atoms with Gasteiger partial charge in [0.2, 0.25) is 5.91 Å². The quantitative estimate of drug-likeness (QED) is 0.603. The van der Waals surface area contributed by atoms with E-state index < -0.39 is 18.1 Å². The zero-order chi connectivity index (χ0) is 24.1. The molecule has 2 aromatic carbocycles. The van der Waals surface area contributed by atoms with Gasteiger partial charge in [0.1, 0.15) is 12.6 Å². The Bertz CT molecular complexity index is 1010. The zero-order valence-electron chi connectivity index (χ0n) is 19.5. The topological polar surface area (TPSA) is 95.9 Å². The van der Waals surface area contributed by atoms with Gasteiger partial charge in [-0.15, -0.1) is 0 Å². The summed E-state index contributed by atoms with van der Waals surface area (Å²) in [6.07, 6.45) is 2.31. The number of ether oxygens (including phenoxy) is 1. The maximum Gasteiger partial charge on any atom is 0.407 e. The minimum absolute atomic E-state index is 0.0361. The Kier molecular flexibility index (Phi) is 7.50. The van der Waals surface area contributed by atoms with Crippen molar-refractivity contribution in [3.63, 3.8) is 0 Å². The van der Waals surface area contributed by atoms with Gasteiger partial charge in [0, 0.05) is 25.4 Å². The molecule has 34 heavy (non-hydrogen) atoms. The molecule has 7 heteroatoms. The van der Waals surface area contributed by atoms with E-state index in [0.717, 1.165) is 35.1 Å². The molecular formula is C27H32N2O5. The van der Waals surface area contributed by atoms with E-state index in [1.165, 1.54) is 0 Å². The number of carbonyl (C=O) groups is 3. The fourth-order valence-electron chi connectivity index (χ4n) is 5.17. The van der Waals surface area contributed by atoms with Crippen LogP contribution in [0.3, 0.4) is 0 Å². The molecule has 0 bridgehead atoms. The number of aliphatic carboxylic acids is 1. The molecule has 2 aliphatic rings. The SMILES string of the molecule is CCC(NC(=O)OCC1c2ccccc2-c2ccccc21)C(=O)N1CCCC(CCC(=O)O)C1. The fraction of sp³-hybridized carbons (Fsp3) is 0.444. The lowest BCUT2D eigenvalue weighted by Crippen LogP contribution is -2.51. The van der Waals surface area contributed by atoms with Gasteiger partial charge in [-0.05, 0) is 53.9 Å². The number of hydrogen-bond acceptors (Lipinski definition) is 4. The molecule has 180 valence electrons. The van der Waals surface area contributed by atoms with Crippen molar-refractivity contribution in [3.8, 4) is 11.1 Å². The number of amides is 2. The fourth-order valence-corrected chi connectivity index (χ4v) is 5.17. The smallest absolute Gasteiger partial charge is 0.407 e. The summed E-state index contributed by atoms with van der Waals surface area (Å²) in [7, 11) is 0. The van der Waals surface area contributed by atoms with E-state index in [-0.39, 0.29) is 30.8 Å². The van der Waals surface area contributed by atoms with Crippen molar-refractivity contribution in [3.05, 3.63) is 59.7 Å². The summed E-state index contributed by atoms with van der Waals surface area (Å²) in [5.41, 5.74) is 4.60. The first kappa shape index (κ1) is 23.8. The number of hydrogen-bond donors (Lipinski definition) is 2. The highest BCUT2D eigenvalue weighted by Gasteiger charge is 2.31. The van der Waals surface area contributed by atoms with Crippen LogP contribution in [-0.4, -0.2) is 53.7 Å². The first-order chi connectivity index (χ1) is 16.5. The Morgan fingerprint density at radius 3 is 2.35 bits per heavy atom. The molecule has 1 heterocycles. The molecule has 7 nitrogen and oxygen atoms in total. The third-order valence-corrected chi connectivity index (χ3v) is 6.94. The summed E-state index contributed by atoms with van der Waals surface area (Å²) in [5.74, 6) is -0.797. The molecule has 0 aromatic heterocycles. The van der Waals surface area contributed by atoms with Crippen LogP contribution in [0, 0.1) is 5.92 Å². The maximum absolute atomic E-state index is 13.1. The second kappa shape index (κ2) is 10.7. The number of carboxylic acids is 1. The normalized spacial score (nSPS) is 18.0. The van der Waals surface area contributed by atoms with Gasteiger partial charge in [0.25, 0.3) is 0 Å². The number of benzene rings is 2. The molecule has 2 amide bonds. The number of likely N-dealkylation sites (tertiary alicyclic amines) is 1. The lowest BCUT2D eigenvalue weighted by atomic mass is 9.93. The molecule has 1 fully saturated rings. The molecule has 2 unspecified atom stereocenters. The van der Waals surface area contributed by atoms with E-state index in [1.54, 1.807) is 4.90 Å². The first-order valence-corrected chi connectivity index (χ1v) is 12.1. The third kappa shape index (κ3) is 5.24. The van der Waals surface area contributed by atoms with Gasteiger partial charge in [-0.25, -0.2) is 4.79 Å². The Hall–Kier alpha value is -3.35. The third-order valence-electron chi connectivity index (χ3n) is 6.94. The van der Waals surface area contributed by atoms with Crippen LogP contribution in [0.4, 0.5) is 4.79 Å². The summed E-state index contributed by atoms with van der Waals surface area (Å²) in [5, 5.41) is 11.7. The van der Waals surface area contributed by atoms with Gasteiger partial charge in [-0.1, -0.05) is 55.5 Å². The molecule has 0 radical (unpaired) electrons. The number of nitrogens with zero attached hydrogens (tertiary/aromatic N) is 1. The van der Waals surface area contributed by atoms with Gasteiger partial charge in [-0.2, -0.15) is 0 Å². The predicted molar refractivity (Wildman–Crippen MR) is 128 cm³/mol. The van der Waals surface area contributed by atoms with Crippen molar-refractivity contribution in [2.24, 2.45) is 5.92 Å². The minimum atomic E-state index is -0.813. The highest BCUT2D eigenvalue weighted by Crippen LogP contribution is 2.44. The Labute approximate surface area is 200 Å². The molecule has 2 N–H and O–H groups in total. The summed E-state index contributed by atoms with van der Waals surface area (Å²) in [6, 6.07) is 15.6. The van der Waals surface area contributed by atoms with Crippen LogP contribution in [0.25, 0.3) is 11.1 Å². The molecular weight excluding hydrogens is 432 g/mol. The van der Waals surface area contributed by atoms with Gasteiger partial charge < -0.3 is 20.1 Å². The van der Waals surface area contributed by atoms with Crippen LogP contribution in [0.5, 0.6) is 0 Å². The standard InChI is InChI=1S/C27H32N2O5/c1-2-24(26(32)29-15-7-8-18(16-29)13-14-25(30)31)28-27(33)34-17-23-21-11-5-3-9-19(21)20-10-4-6-12-22(20)23/h3-6,9-12,18,23-24H,2,7-8,13-17H2,1H3,(H,28,33)(H,30,31). The lowest BCUT2D eigenvalue weighted by molar-refractivity contribution is -0.137. The number of nitrogens with one attached hydrogen (secondary N) is 1. The van der Waals surface area contributed by atoms with Gasteiger partial charge >= 0.3 is 12.1 Å². The largest absolute Gasteiger partial charge is 0.481 e. The van der Waals surface area contributed by atoms with E-state index in [4.69, 9.17) is 9.84 Å². The van der Waals surface area contributed by atoms with Crippen molar-refractivity contribution in [2.75, 3.05) is 19.7 Å². The van der Waals surface area contributed by atoms with Crippen LogP contribution in [-0.2, 0) is 14.3 Å². The van der Waals surface area contributed by atoms with Crippen molar-refractivity contribution in [2.45, 2.75) is 51.0 Å². The molecule has 0 saturated carbocycles. The zero-order valence-corrected chi connectivity index (χ0v) is 19.5. The van der Waals surface area contributed by atoms with Crippen molar-refractivity contribution in [1.29, 1.82) is 0 Å². The van der Waals surface area contributed by atoms with Crippen LogP contribution >= 0.6 is 0 Å². The van der Waals surface area contributed by atoms with Gasteiger partial charge in [0.05, 0.1) is 0 Å². The number of alkyl carbamates (subject to hydrolysis) is 1. The molecule has 2 aromatic rings. The Balaban J connectivity index is 1.34. The molecule has 1 aliphatic heterocycles. The van der Waals surface area contributed by atoms with Crippen LogP contribution in [0.15, 0.2) is 48.5 Å². The molecule has 2 atom stereocenters. The monoisotopic (exact) mass is 464 g/mol. The van der Waals surface area contributed by atoms with Crippen molar-refractivity contribution < 1.29 is 24.2 Å². The summed E-state index contributed by atoms with van der Waals surface area (Å²) in [6.45, 7) is 3.23. The van der Waals surface area contributed by atoms with E-state index >= 15 is 0 Å². The van der Waals surface area contributed by atoms with Crippen molar-refractivity contribution >= 4 is 18.0 Å². The molecule has 4 rings (SSSR count). The summed E-state index contributed by atoms with van der Waals surface area (Å²) in [4.78, 5) is 38.4. The Morgan fingerprint density at radius 1 is 1.09 bits per heavy atom. The van der Waals surface area contributed by atoms with Gasteiger partial charge in [0.15, 0.2) is 0 Å². The second-order valence-electron chi connectivity index (χ2n) is 9.16. The average molecular weight is 465 g/mol. The number of rotatable bonds is 8. The summed E-state index contributed by atoms with van der Waals surface area (Å²) < 4.78 is 5.61. The summed E-state index contributed by atoms with van der Waals surface area (Å²) >= 11 is 0. The first-order valence-electron chi connectivity index (χ1n) is 12.1. The number of fused-ring (bicyclic) bond motifs is 3. The number of carbonyl (C=O) groups excluding carboxylic acids is 2. The lowest BCUT2D eigenvalue weighted by Gasteiger charge is -2.34. The molecule has 0 spiro atoms. The van der Waals surface area contributed by atoms with Crippen LogP contribution in [0.2, 0.25) is 0 Å². The minimum Gasteiger partial charge on any atom is -0.481 e. The maximum atomic E-state index is 13.1. The number of carboxylic acid groups (broad SMARTS) is 1. The molecule has 1 aliphatic carbocycles. The predicted octanol–water partition coefficient (Wildman–Crippen LogP) is 4.41. The highest BCUT2D eigenvalue weighted by atomic mass is 16.5. The van der Waals surface area contributed by atoms with Gasteiger partial charge in [-0.3, -0.25) is 9.59 Å². The van der Waals surface area contributed by atoms with E-state index in [9.17, 15) is 14.4 Å². The highest BCUT2D eigenvalue weighted by molar-refractivity contribution is 5.86. The van der Waals surface area contributed by atoms with E-state index in [1.807, 2.05) is 31.2 Å². The average Bonchev–Trinajstić information content (AvgIpc) is 3.18. The van der Waals surface area contributed by atoms with Crippen LogP contribution < -0.4 is 5.32 Å². The number of piperidine rings is 1. The Morgan fingerprint density at radius 2 is 1.74 bits per heavy atom. The van der Waals surface area contributed by atoms with E-state index in [2.05, 4.69) is 29.6 Å². The van der Waals surface area contributed by atoms with Crippen LogP contribution in [0.1, 0.15) is 56.1 Å².